The molecule has 2 aromatic carbocycles. The van der Waals surface area contributed by atoms with Gasteiger partial charge in [0, 0.05) is 30.0 Å². The molecular weight excluding hydrogens is 350 g/mol. The van der Waals surface area contributed by atoms with E-state index in [0.717, 1.165) is 16.6 Å². The molecule has 2 aromatic heterocycles. The van der Waals surface area contributed by atoms with Gasteiger partial charge >= 0.3 is 0 Å². The summed E-state index contributed by atoms with van der Waals surface area (Å²) in [5.74, 6) is 0.184. The molecule has 0 aliphatic rings. The van der Waals surface area contributed by atoms with Crippen molar-refractivity contribution < 1.29 is 4.79 Å². The number of carbonyl (C=O) groups excluding carboxylic acids is 1. The Balaban J connectivity index is 1.63. The fourth-order valence-electron chi connectivity index (χ4n) is 3.04. The third-order valence-electron chi connectivity index (χ3n) is 4.38. The minimum absolute atomic E-state index is 0.298. The van der Waals surface area contributed by atoms with E-state index in [1.54, 1.807) is 18.5 Å². The Kier molecular flexibility index (Phi) is 4.93. The number of rotatable bonds is 5. The topological polar surface area (TPSA) is 71.0 Å². The smallest absolute Gasteiger partial charge is 0.274 e. The van der Waals surface area contributed by atoms with Crippen LogP contribution in [-0.4, -0.2) is 27.4 Å². The summed E-state index contributed by atoms with van der Waals surface area (Å²) in [5.41, 5.74) is 2.67. The van der Waals surface area contributed by atoms with E-state index >= 15 is 0 Å². The van der Waals surface area contributed by atoms with E-state index in [2.05, 4.69) is 20.3 Å². The van der Waals surface area contributed by atoms with Gasteiger partial charge in [0.15, 0.2) is 0 Å². The van der Waals surface area contributed by atoms with Gasteiger partial charge in [-0.25, -0.2) is 9.97 Å². The van der Waals surface area contributed by atoms with Crippen LogP contribution >= 0.6 is 0 Å². The number of aromatic nitrogens is 3. The molecule has 0 spiro atoms. The maximum Gasteiger partial charge on any atom is 0.274 e. The molecular formula is C22H19N5O. The number of amides is 1. The van der Waals surface area contributed by atoms with E-state index in [1.807, 2.05) is 72.5 Å². The van der Waals surface area contributed by atoms with Crippen molar-refractivity contribution in [2.24, 2.45) is 0 Å². The highest BCUT2D eigenvalue weighted by atomic mass is 16.1. The lowest BCUT2D eigenvalue weighted by molar-refractivity contribution is 0.102. The lowest BCUT2D eigenvalue weighted by Crippen LogP contribution is -2.21. The Hall–Kier alpha value is -3.80. The van der Waals surface area contributed by atoms with Gasteiger partial charge in [0.25, 0.3) is 5.91 Å². The molecule has 2 heterocycles. The van der Waals surface area contributed by atoms with E-state index in [0.29, 0.717) is 23.9 Å². The Bertz CT molecular complexity index is 1110. The molecule has 0 fully saturated rings. The maximum atomic E-state index is 12.8. The summed E-state index contributed by atoms with van der Waals surface area (Å²) >= 11 is 0. The van der Waals surface area contributed by atoms with Gasteiger partial charge in [-0.1, -0.05) is 36.4 Å². The fraction of sp³-hybridized carbons (Fsp3) is 0.0909. The van der Waals surface area contributed by atoms with Gasteiger partial charge < -0.3 is 10.2 Å². The minimum Gasteiger partial charge on any atom is -0.319 e. The number of nitrogens with zero attached hydrogens (tertiary/aromatic N) is 4. The Morgan fingerprint density at radius 2 is 1.75 bits per heavy atom. The van der Waals surface area contributed by atoms with Crippen LogP contribution in [0, 0.1) is 0 Å². The van der Waals surface area contributed by atoms with Gasteiger partial charge in [-0.3, -0.25) is 9.78 Å². The number of fused-ring (bicyclic) bond motifs is 1. The van der Waals surface area contributed by atoms with E-state index in [-0.39, 0.29) is 5.91 Å². The van der Waals surface area contributed by atoms with Crippen molar-refractivity contribution in [3.63, 3.8) is 0 Å². The Morgan fingerprint density at radius 1 is 0.929 bits per heavy atom. The van der Waals surface area contributed by atoms with Gasteiger partial charge in [-0.15, -0.1) is 0 Å². The fourth-order valence-corrected chi connectivity index (χ4v) is 3.04. The Morgan fingerprint density at radius 3 is 2.57 bits per heavy atom. The van der Waals surface area contributed by atoms with Crippen molar-refractivity contribution in [2.75, 3.05) is 16.8 Å². The van der Waals surface area contributed by atoms with Crippen LogP contribution in [0.3, 0.4) is 0 Å². The first kappa shape index (κ1) is 17.6. The molecule has 6 heteroatoms. The summed E-state index contributed by atoms with van der Waals surface area (Å²) in [6.07, 6.45) is 3.31. The summed E-state index contributed by atoms with van der Waals surface area (Å²) in [4.78, 5) is 28.0. The van der Waals surface area contributed by atoms with Gasteiger partial charge in [-0.05, 0) is 37.3 Å². The molecule has 0 aliphatic carbocycles. The lowest BCUT2D eigenvalue weighted by Gasteiger charge is -2.21. The van der Waals surface area contributed by atoms with E-state index in [4.69, 9.17) is 0 Å². The highest BCUT2D eigenvalue weighted by Gasteiger charge is 2.15. The van der Waals surface area contributed by atoms with Crippen LogP contribution in [0.25, 0.3) is 10.9 Å². The maximum absolute atomic E-state index is 12.8. The molecule has 6 nitrogen and oxygen atoms in total. The van der Waals surface area contributed by atoms with Crippen molar-refractivity contribution >= 4 is 34.1 Å². The van der Waals surface area contributed by atoms with Crippen LogP contribution < -0.4 is 10.2 Å². The van der Waals surface area contributed by atoms with Crippen LogP contribution in [0.5, 0.6) is 0 Å². The molecule has 0 unspecified atom stereocenters. The molecule has 4 rings (SSSR count). The van der Waals surface area contributed by atoms with Crippen LogP contribution in [0.15, 0.2) is 79.1 Å². The standard InChI is InChI=1S/C22H19N5O/c1-2-27(17-10-4-3-5-11-17)22-24-15-13-19(26-22)21(28)25-18-12-6-8-16-9-7-14-23-20(16)18/h3-15H,2H2,1H3,(H,25,28). The second-order valence-electron chi connectivity index (χ2n) is 6.16. The van der Waals surface area contributed by atoms with E-state index < -0.39 is 0 Å². The molecule has 0 atom stereocenters. The number of para-hydroxylation sites is 2. The summed E-state index contributed by atoms with van der Waals surface area (Å²) in [5, 5.41) is 3.88. The number of carbonyl (C=O) groups is 1. The van der Waals surface area contributed by atoms with Crippen LogP contribution in [0.4, 0.5) is 17.3 Å². The highest BCUT2D eigenvalue weighted by molar-refractivity contribution is 6.07. The van der Waals surface area contributed by atoms with Crippen LogP contribution in [0.2, 0.25) is 0 Å². The molecule has 138 valence electrons. The van der Waals surface area contributed by atoms with Crippen molar-refractivity contribution in [3.8, 4) is 0 Å². The Labute approximate surface area is 162 Å². The molecule has 1 N–H and O–H groups in total. The van der Waals surface area contributed by atoms with Crippen molar-refractivity contribution in [1.82, 2.24) is 15.0 Å². The SMILES string of the molecule is CCN(c1ccccc1)c1nccc(C(=O)Nc2cccc3cccnc23)n1. The highest BCUT2D eigenvalue weighted by Crippen LogP contribution is 2.23. The summed E-state index contributed by atoms with van der Waals surface area (Å²) in [7, 11) is 0. The zero-order chi connectivity index (χ0) is 19.3. The van der Waals surface area contributed by atoms with Crippen molar-refractivity contribution in [2.45, 2.75) is 6.92 Å². The van der Waals surface area contributed by atoms with Crippen LogP contribution in [0.1, 0.15) is 17.4 Å². The number of nitrogens with one attached hydrogen (secondary N) is 1. The minimum atomic E-state index is -0.300. The predicted octanol–water partition coefficient (Wildman–Crippen LogP) is 4.44. The molecule has 4 aromatic rings. The number of pyridine rings is 1. The zero-order valence-corrected chi connectivity index (χ0v) is 15.4. The van der Waals surface area contributed by atoms with E-state index in [1.165, 1.54) is 0 Å². The first-order valence-corrected chi connectivity index (χ1v) is 9.07. The van der Waals surface area contributed by atoms with Crippen molar-refractivity contribution in [3.05, 3.63) is 84.8 Å². The summed E-state index contributed by atoms with van der Waals surface area (Å²) in [6, 6.07) is 21.0. The van der Waals surface area contributed by atoms with E-state index in [9.17, 15) is 4.79 Å². The number of hydrogen-bond donors (Lipinski definition) is 1. The second kappa shape index (κ2) is 7.84. The largest absolute Gasteiger partial charge is 0.319 e. The predicted molar refractivity (Wildman–Crippen MR) is 111 cm³/mol. The molecule has 0 aliphatic heterocycles. The second-order valence-corrected chi connectivity index (χ2v) is 6.16. The molecule has 0 saturated carbocycles. The van der Waals surface area contributed by atoms with Crippen molar-refractivity contribution in [1.29, 1.82) is 0 Å². The quantitative estimate of drug-likeness (QED) is 0.563. The zero-order valence-electron chi connectivity index (χ0n) is 15.4. The summed E-state index contributed by atoms with van der Waals surface area (Å²) < 4.78 is 0. The molecule has 1 amide bonds. The average Bonchev–Trinajstić information content (AvgIpc) is 2.75. The molecule has 0 saturated heterocycles. The molecule has 28 heavy (non-hydrogen) atoms. The molecule has 0 radical (unpaired) electrons. The average molecular weight is 369 g/mol. The first-order chi connectivity index (χ1) is 13.8. The number of benzene rings is 2. The third kappa shape index (κ3) is 3.53. The van der Waals surface area contributed by atoms with Gasteiger partial charge in [0.1, 0.15) is 5.69 Å². The number of hydrogen-bond acceptors (Lipinski definition) is 5. The third-order valence-corrected chi connectivity index (χ3v) is 4.38. The van der Waals surface area contributed by atoms with Gasteiger partial charge in [0.2, 0.25) is 5.95 Å². The van der Waals surface area contributed by atoms with Gasteiger partial charge in [-0.2, -0.15) is 0 Å². The summed E-state index contributed by atoms with van der Waals surface area (Å²) in [6.45, 7) is 2.70. The lowest BCUT2D eigenvalue weighted by atomic mass is 10.2. The van der Waals surface area contributed by atoms with Gasteiger partial charge in [0.05, 0.1) is 11.2 Å². The monoisotopic (exact) mass is 369 g/mol. The van der Waals surface area contributed by atoms with Crippen LogP contribution in [-0.2, 0) is 0 Å². The number of anilines is 3. The molecule has 0 bridgehead atoms. The first-order valence-electron chi connectivity index (χ1n) is 9.07. The normalized spacial score (nSPS) is 10.6.